The van der Waals surface area contributed by atoms with E-state index in [9.17, 15) is 4.79 Å². The summed E-state index contributed by atoms with van der Waals surface area (Å²) in [4.78, 5) is 13.6. The molecular formula is C14H20N2O2. The smallest absolute Gasteiger partial charge is 0.236 e. The molecule has 4 heteroatoms. The molecule has 0 radical (unpaired) electrons. The number of benzene rings is 1. The second-order valence-corrected chi connectivity index (χ2v) is 4.53. The fourth-order valence-electron chi connectivity index (χ4n) is 1.98. The minimum absolute atomic E-state index is 0.0337. The molecule has 98 valence electrons. The van der Waals surface area contributed by atoms with Crippen molar-refractivity contribution in [3.8, 4) is 5.75 Å². The molecule has 0 atom stereocenters. The van der Waals surface area contributed by atoms with E-state index in [2.05, 4.69) is 0 Å². The van der Waals surface area contributed by atoms with Crippen LogP contribution in [-0.2, 0) is 11.3 Å². The topological polar surface area (TPSA) is 55.6 Å². The molecule has 1 fully saturated rings. The number of carbonyl (C=O) groups excluding carboxylic acids is 1. The number of ether oxygens (including phenoxy) is 1. The molecule has 0 spiro atoms. The van der Waals surface area contributed by atoms with Gasteiger partial charge in [-0.1, -0.05) is 12.1 Å². The van der Waals surface area contributed by atoms with E-state index in [0.717, 1.165) is 24.2 Å². The van der Waals surface area contributed by atoms with E-state index in [1.807, 2.05) is 36.1 Å². The lowest BCUT2D eigenvalue weighted by Crippen LogP contribution is -2.37. The molecule has 0 unspecified atom stereocenters. The van der Waals surface area contributed by atoms with Gasteiger partial charge in [0.1, 0.15) is 5.75 Å². The Morgan fingerprint density at radius 3 is 2.56 bits per heavy atom. The Labute approximate surface area is 108 Å². The average Bonchev–Trinajstić information content (AvgIpc) is 3.21. The van der Waals surface area contributed by atoms with Crippen LogP contribution in [0.25, 0.3) is 0 Å². The summed E-state index contributed by atoms with van der Waals surface area (Å²) in [5, 5.41) is 0. The summed E-state index contributed by atoms with van der Waals surface area (Å²) in [5.41, 5.74) is 6.56. The van der Waals surface area contributed by atoms with E-state index in [-0.39, 0.29) is 12.5 Å². The average molecular weight is 248 g/mol. The zero-order chi connectivity index (χ0) is 13.0. The second-order valence-electron chi connectivity index (χ2n) is 4.53. The first-order chi connectivity index (χ1) is 8.74. The number of hydrogen-bond acceptors (Lipinski definition) is 3. The predicted molar refractivity (Wildman–Crippen MR) is 70.2 cm³/mol. The summed E-state index contributed by atoms with van der Waals surface area (Å²) in [7, 11) is 0. The van der Waals surface area contributed by atoms with Gasteiger partial charge in [-0.2, -0.15) is 0 Å². The van der Waals surface area contributed by atoms with Crippen LogP contribution in [0.1, 0.15) is 25.3 Å². The normalized spacial score (nSPS) is 14.3. The SMILES string of the molecule is CCOc1ccc(CN(C(=O)CN)C2CC2)cc1. The minimum atomic E-state index is 0.0337. The fourth-order valence-corrected chi connectivity index (χ4v) is 1.98. The van der Waals surface area contributed by atoms with Crippen molar-refractivity contribution in [3.05, 3.63) is 29.8 Å². The van der Waals surface area contributed by atoms with Crippen LogP contribution in [0.5, 0.6) is 5.75 Å². The third kappa shape index (κ3) is 3.23. The quantitative estimate of drug-likeness (QED) is 0.830. The molecular weight excluding hydrogens is 228 g/mol. The lowest BCUT2D eigenvalue weighted by Gasteiger charge is -2.22. The number of carbonyl (C=O) groups is 1. The van der Waals surface area contributed by atoms with E-state index in [4.69, 9.17) is 10.5 Å². The molecule has 1 aliphatic rings. The van der Waals surface area contributed by atoms with Crippen molar-refractivity contribution in [1.29, 1.82) is 0 Å². The third-order valence-electron chi connectivity index (χ3n) is 3.07. The highest BCUT2D eigenvalue weighted by Crippen LogP contribution is 2.28. The molecule has 4 nitrogen and oxygen atoms in total. The van der Waals surface area contributed by atoms with Crippen molar-refractivity contribution < 1.29 is 9.53 Å². The van der Waals surface area contributed by atoms with Crippen molar-refractivity contribution >= 4 is 5.91 Å². The van der Waals surface area contributed by atoms with E-state index >= 15 is 0 Å². The molecule has 2 N–H and O–H groups in total. The largest absolute Gasteiger partial charge is 0.494 e. The molecule has 0 saturated heterocycles. The standard InChI is InChI=1S/C14H20N2O2/c1-2-18-13-7-3-11(4-8-13)10-16(12-5-6-12)14(17)9-15/h3-4,7-8,12H,2,5-6,9-10,15H2,1H3. The Kier molecular flexibility index (Phi) is 4.20. The van der Waals surface area contributed by atoms with Gasteiger partial charge < -0.3 is 15.4 Å². The zero-order valence-electron chi connectivity index (χ0n) is 10.8. The first-order valence-electron chi connectivity index (χ1n) is 6.46. The molecule has 18 heavy (non-hydrogen) atoms. The van der Waals surface area contributed by atoms with Crippen LogP contribution in [0.4, 0.5) is 0 Å². The van der Waals surface area contributed by atoms with Gasteiger partial charge >= 0.3 is 0 Å². The van der Waals surface area contributed by atoms with Gasteiger partial charge in [-0.3, -0.25) is 4.79 Å². The van der Waals surface area contributed by atoms with Crippen LogP contribution in [0.2, 0.25) is 0 Å². The number of hydrogen-bond donors (Lipinski definition) is 1. The summed E-state index contributed by atoms with van der Waals surface area (Å²) >= 11 is 0. The van der Waals surface area contributed by atoms with Crippen LogP contribution in [0.3, 0.4) is 0 Å². The monoisotopic (exact) mass is 248 g/mol. The molecule has 0 heterocycles. The highest BCUT2D eigenvalue weighted by Gasteiger charge is 2.31. The van der Waals surface area contributed by atoms with Gasteiger partial charge in [0.05, 0.1) is 13.2 Å². The highest BCUT2D eigenvalue weighted by molar-refractivity contribution is 5.78. The molecule has 1 amide bonds. The molecule has 0 aromatic heterocycles. The van der Waals surface area contributed by atoms with Gasteiger partial charge in [0.15, 0.2) is 0 Å². The summed E-state index contributed by atoms with van der Waals surface area (Å²) in [6.07, 6.45) is 2.20. The van der Waals surface area contributed by atoms with Gasteiger partial charge in [0.2, 0.25) is 5.91 Å². The summed E-state index contributed by atoms with van der Waals surface area (Å²) in [6, 6.07) is 8.29. The summed E-state index contributed by atoms with van der Waals surface area (Å²) in [5.74, 6) is 0.899. The maximum Gasteiger partial charge on any atom is 0.236 e. The Bertz CT molecular complexity index is 399. The van der Waals surface area contributed by atoms with Crippen LogP contribution in [0.15, 0.2) is 24.3 Å². The van der Waals surface area contributed by atoms with Crippen molar-refractivity contribution in [2.75, 3.05) is 13.2 Å². The van der Waals surface area contributed by atoms with Gasteiger partial charge in [0, 0.05) is 12.6 Å². The van der Waals surface area contributed by atoms with E-state index in [0.29, 0.717) is 19.2 Å². The second kappa shape index (κ2) is 5.87. The Balaban J connectivity index is 2.00. The fraction of sp³-hybridized carbons (Fsp3) is 0.500. The number of nitrogens with zero attached hydrogens (tertiary/aromatic N) is 1. The van der Waals surface area contributed by atoms with Crippen molar-refractivity contribution in [1.82, 2.24) is 4.90 Å². The molecule has 0 aliphatic heterocycles. The first kappa shape index (κ1) is 12.9. The maximum absolute atomic E-state index is 11.7. The summed E-state index contributed by atoms with van der Waals surface area (Å²) in [6.45, 7) is 3.36. The molecule has 1 saturated carbocycles. The molecule has 1 aliphatic carbocycles. The molecule has 1 aromatic carbocycles. The zero-order valence-corrected chi connectivity index (χ0v) is 10.8. The van der Waals surface area contributed by atoms with Crippen LogP contribution in [0, 0.1) is 0 Å². The van der Waals surface area contributed by atoms with E-state index < -0.39 is 0 Å². The Morgan fingerprint density at radius 1 is 1.39 bits per heavy atom. The van der Waals surface area contributed by atoms with Crippen LogP contribution >= 0.6 is 0 Å². The first-order valence-corrected chi connectivity index (χ1v) is 6.46. The molecule has 2 rings (SSSR count). The third-order valence-corrected chi connectivity index (χ3v) is 3.07. The van der Waals surface area contributed by atoms with Crippen LogP contribution < -0.4 is 10.5 Å². The Hall–Kier alpha value is -1.55. The summed E-state index contributed by atoms with van der Waals surface area (Å²) < 4.78 is 5.39. The lowest BCUT2D eigenvalue weighted by atomic mass is 10.2. The Morgan fingerprint density at radius 2 is 2.06 bits per heavy atom. The van der Waals surface area contributed by atoms with E-state index in [1.54, 1.807) is 0 Å². The molecule has 1 aromatic rings. The lowest BCUT2D eigenvalue weighted by molar-refractivity contribution is -0.130. The number of amides is 1. The van der Waals surface area contributed by atoms with Crippen molar-refractivity contribution in [2.24, 2.45) is 5.73 Å². The van der Waals surface area contributed by atoms with E-state index in [1.165, 1.54) is 0 Å². The van der Waals surface area contributed by atoms with Gasteiger partial charge in [-0.15, -0.1) is 0 Å². The van der Waals surface area contributed by atoms with Crippen LogP contribution in [-0.4, -0.2) is 30.0 Å². The van der Waals surface area contributed by atoms with Gasteiger partial charge in [-0.05, 0) is 37.5 Å². The molecule has 0 bridgehead atoms. The maximum atomic E-state index is 11.7. The predicted octanol–water partition coefficient (Wildman–Crippen LogP) is 1.53. The van der Waals surface area contributed by atoms with Gasteiger partial charge in [-0.25, -0.2) is 0 Å². The number of rotatable bonds is 6. The number of nitrogens with two attached hydrogens (primary N) is 1. The van der Waals surface area contributed by atoms with Gasteiger partial charge in [0.25, 0.3) is 0 Å². The highest BCUT2D eigenvalue weighted by atomic mass is 16.5. The minimum Gasteiger partial charge on any atom is -0.494 e. The van der Waals surface area contributed by atoms with Crippen molar-refractivity contribution in [3.63, 3.8) is 0 Å². The van der Waals surface area contributed by atoms with Crippen molar-refractivity contribution in [2.45, 2.75) is 32.4 Å².